The molecule has 2 aromatic heterocycles. The molecule has 1 aliphatic carbocycles. The maximum atomic E-state index is 12.3. The van der Waals surface area contributed by atoms with Crippen molar-refractivity contribution in [3.63, 3.8) is 0 Å². The molecule has 1 aliphatic rings. The van der Waals surface area contributed by atoms with E-state index < -0.39 is 10.0 Å². The van der Waals surface area contributed by atoms with Crippen molar-refractivity contribution in [2.24, 2.45) is 5.92 Å². The molecule has 1 fully saturated rings. The van der Waals surface area contributed by atoms with Crippen molar-refractivity contribution in [1.82, 2.24) is 25.2 Å². The standard InChI is InChI=1S/C15H21N5O3S/c1-9-12-6-11(8-16-14(12)19-18-9)15(21)17-7-10-4-3-5-13(10)20-24(2,22)23/h6,8,10,13,20H,3-5,7H2,1-2H3,(H,17,21)(H,16,18,19). The van der Waals surface area contributed by atoms with Gasteiger partial charge in [-0.05, 0) is 31.7 Å². The lowest BCUT2D eigenvalue weighted by Crippen LogP contribution is -2.41. The first-order chi connectivity index (χ1) is 11.3. The van der Waals surface area contributed by atoms with E-state index in [1.54, 1.807) is 6.07 Å². The van der Waals surface area contributed by atoms with Crippen LogP contribution in [-0.4, -0.2) is 48.3 Å². The van der Waals surface area contributed by atoms with E-state index in [0.29, 0.717) is 17.8 Å². The van der Waals surface area contributed by atoms with Crippen LogP contribution < -0.4 is 10.0 Å². The molecule has 3 rings (SSSR count). The SMILES string of the molecule is Cc1[nH]nc2ncc(C(=O)NCC3CCCC3NS(C)(=O)=O)cc12. The summed E-state index contributed by atoms with van der Waals surface area (Å²) in [4.78, 5) is 16.5. The second kappa shape index (κ2) is 6.48. The Morgan fingerprint density at radius 3 is 2.96 bits per heavy atom. The lowest BCUT2D eigenvalue weighted by molar-refractivity contribution is 0.0946. The number of aromatic amines is 1. The summed E-state index contributed by atoms with van der Waals surface area (Å²) in [5.74, 6) is -0.106. The van der Waals surface area contributed by atoms with Gasteiger partial charge in [-0.2, -0.15) is 5.10 Å². The van der Waals surface area contributed by atoms with Gasteiger partial charge in [0.15, 0.2) is 5.65 Å². The second-order valence-electron chi connectivity index (χ2n) is 6.34. The van der Waals surface area contributed by atoms with Crippen molar-refractivity contribution in [3.8, 4) is 0 Å². The smallest absolute Gasteiger partial charge is 0.252 e. The normalized spacial score (nSPS) is 21.2. The van der Waals surface area contributed by atoms with Crippen LogP contribution in [0.25, 0.3) is 11.0 Å². The molecule has 8 nitrogen and oxygen atoms in total. The van der Waals surface area contributed by atoms with Crippen LogP contribution in [0.15, 0.2) is 12.3 Å². The third-order valence-electron chi connectivity index (χ3n) is 4.41. The average molecular weight is 351 g/mol. The maximum Gasteiger partial charge on any atom is 0.252 e. The summed E-state index contributed by atoms with van der Waals surface area (Å²) in [5.41, 5.74) is 1.91. The van der Waals surface area contributed by atoms with Gasteiger partial charge in [-0.15, -0.1) is 0 Å². The van der Waals surface area contributed by atoms with Gasteiger partial charge in [-0.3, -0.25) is 9.89 Å². The number of amides is 1. The van der Waals surface area contributed by atoms with E-state index in [1.807, 2.05) is 6.92 Å². The topological polar surface area (TPSA) is 117 Å². The highest BCUT2D eigenvalue weighted by atomic mass is 32.2. The zero-order valence-electron chi connectivity index (χ0n) is 13.7. The Bertz CT molecular complexity index is 861. The predicted molar refractivity (Wildman–Crippen MR) is 90.1 cm³/mol. The summed E-state index contributed by atoms with van der Waals surface area (Å²) in [6.45, 7) is 2.31. The summed E-state index contributed by atoms with van der Waals surface area (Å²) in [7, 11) is -3.24. The molecule has 0 saturated heterocycles. The van der Waals surface area contributed by atoms with Crippen molar-refractivity contribution in [1.29, 1.82) is 0 Å². The van der Waals surface area contributed by atoms with Gasteiger partial charge in [0.25, 0.3) is 5.91 Å². The number of carbonyl (C=O) groups is 1. The van der Waals surface area contributed by atoms with E-state index in [-0.39, 0.29) is 17.9 Å². The first-order valence-corrected chi connectivity index (χ1v) is 9.79. The van der Waals surface area contributed by atoms with E-state index >= 15 is 0 Å². The first-order valence-electron chi connectivity index (χ1n) is 7.90. The van der Waals surface area contributed by atoms with Crippen molar-refractivity contribution in [3.05, 3.63) is 23.5 Å². The number of nitrogens with zero attached hydrogens (tertiary/aromatic N) is 2. The van der Waals surface area contributed by atoms with E-state index in [9.17, 15) is 13.2 Å². The fourth-order valence-electron chi connectivity index (χ4n) is 3.18. The molecule has 2 aromatic rings. The lowest BCUT2D eigenvalue weighted by atomic mass is 10.0. The number of rotatable bonds is 5. The Balaban J connectivity index is 1.64. The minimum absolute atomic E-state index is 0.107. The third kappa shape index (κ3) is 3.73. The quantitative estimate of drug-likeness (QED) is 0.733. The van der Waals surface area contributed by atoms with Crippen LogP contribution >= 0.6 is 0 Å². The molecule has 24 heavy (non-hydrogen) atoms. The molecule has 130 valence electrons. The van der Waals surface area contributed by atoms with Crippen LogP contribution in [0.2, 0.25) is 0 Å². The van der Waals surface area contributed by atoms with Crippen molar-refractivity contribution in [2.75, 3.05) is 12.8 Å². The average Bonchev–Trinajstić information content (AvgIpc) is 3.10. The molecule has 2 atom stereocenters. The molecule has 0 bridgehead atoms. The minimum Gasteiger partial charge on any atom is -0.352 e. The van der Waals surface area contributed by atoms with Gasteiger partial charge < -0.3 is 5.32 Å². The fourth-order valence-corrected chi connectivity index (χ4v) is 4.04. The van der Waals surface area contributed by atoms with Gasteiger partial charge in [-0.25, -0.2) is 18.1 Å². The highest BCUT2D eigenvalue weighted by Crippen LogP contribution is 2.25. The summed E-state index contributed by atoms with van der Waals surface area (Å²) >= 11 is 0. The Kier molecular flexibility index (Phi) is 4.55. The summed E-state index contributed by atoms with van der Waals surface area (Å²) in [6.07, 6.45) is 5.31. The van der Waals surface area contributed by atoms with Crippen LogP contribution in [-0.2, 0) is 10.0 Å². The van der Waals surface area contributed by atoms with E-state index in [0.717, 1.165) is 36.6 Å². The fraction of sp³-hybridized carbons (Fsp3) is 0.533. The molecule has 0 spiro atoms. The molecule has 3 N–H and O–H groups in total. The van der Waals surface area contributed by atoms with Gasteiger partial charge in [0.05, 0.1) is 11.8 Å². The van der Waals surface area contributed by atoms with E-state index in [2.05, 4.69) is 25.2 Å². The van der Waals surface area contributed by atoms with Crippen LogP contribution in [0.5, 0.6) is 0 Å². The van der Waals surface area contributed by atoms with Gasteiger partial charge in [0, 0.05) is 29.9 Å². The third-order valence-corrected chi connectivity index (χ3v) is 5.14. The molecule has 1 saturated carbocycles. The number of fused-ring (bicyclic) bond motifs is 1. The largest absolute Gasteiger partial charge is 0.352 e. The Hall–Kier alpha value is -2.00. The monoisotopic (exact) mass is 351 g/mol. The zero-order valence-corrected chi connectivity index (χ0v) is 14.5. The van der Waals surface area contributed by atoms with Gasteiger partial charge in [0.1, 0.15) is 0 Å². The Morgan fingerprint density at radius 2 is 2.21 bits per heavy atom. The van der Waals surface area contributed by atoms with Crippen molar-refractivity contribution < 1.29 is 13.2 Å². The highest BCUT2D eigenvalue weighted by molar-refractivity contribution is 7.88. The van der Waals surface area contributed by atoms with Crippen molar-refractivity contribution >= 4 is 27.0 Å². The van der Waals surface area contributed by atoms with Crippen LogP contribution in [0.1, 0.15) is 35.3 Å². The number of hydrogen-bond donors (Lipinski definition) is 3. The summed E-state index contributed by atoms with van der Waals surface area (Å²) in [6, 6.07) is 1.65. The minimum atomic E-state index is -3.24. The number of aromatic nitrogens is 3. The molecule has 9 heteroatoms. The number of pyridine rings is 1. The predicted octanol–water partition coefficient (Wildman–Crippen LogP) is 0.714. The molecule has 1 amide bonds. The molecule has 0 aliphatic heterocycles. The second-order valence-corrected chi connectivity index (χ2v) is 8.12. The Morgan fingerprint density at radius 1 is 1.42 bits per heavy atom. The van der Waals surface area contributed by atoms with Gasteiger partial charge >= 0.3 is 0 Å². The van der Waals surface area contributed by atoms with Gasteiger partial charge in [-0.1, -0.05) is 6.42 Å². The number of H-pyrrole nitrogens is 1. The van der Waals surface area contributed by atoms with Gasteiger partial charge in [0.2, 0.25) is 10.0 Å². The number of aryl methyl sites for hydroxylation is 1. The van der Waals surface area contributed by atoms with E-state index in [1.165, 1.54) is 6.20 Å². The Labute approximate surface area is 140 Å². The van der Waals surface area contributed by atoms with Crippen LogP contribution in [0.3, 0.4) is 0 Å². The molecule has 2 unspecified atom stereocenters. The summed E-state index contributed by atoms with van der Waals surface area (Å²) in [5, 5.41) is 10.6. The summed E-state index contributed by atoms with van der Waals surface area (Å²) < 4.78 is 25.5. The molecular weight excluding hydrogens is 330 g/mol. The number of sulfonamides is 1. The zero-order chi connectivity index (χ0) is 17.3. The highest BCUT2D eigenvalue weighted by Gasteiger charge is 2.29. The number of hydrogen-bond acceptors (Lipinski definition) is 5. The van der Waals surface area contributed by atoms with Crippen LogP contribution in [0, 0.1) is 12.8 Å². The number of carbonyl (C=O) groups excluding carboxylic acids is 1. The van der Waals surface area contributed by atoms with Crippen LogP contribution in [0.4, 0.5) is 0 Å². The molecular formula is C15H21N5O3S. The number of nitrogens with one attached hydrogen (secondary N) is 3. The lowest BCUT2D eigenvalue weighted by Gasteiger charge is -2.20. The van der Waals surface area contributed by atoms with Crippen molar-refractivity contribution in [2.45, 2.75) is 32.2 Å². The molecule has 0 aromatic carbocycles. The molecule has 2 heterocycles. The molecule has 0 radical (unpaired) electrons. The van der Waals surface area contributed by atoms with E-state index in [4.69, 9.17) is 0 Å². The first kappa shape index (κ1) is 16.8. The maximum absolute atomic E-state index is 12.3.